The third kappa shape index (κ3) is 15.5. The number of rotatable bonds is 20. The Kier molecular flexibility index (Phi) is 21.7. The van der Waals surface area contributed by atoms with E-state index < -0.39 is 24.1 Å². The van der Waals surface area contributed by atoms with E-state index in [2.05, 4.69) is 52.0 Å². The van der Waals surface area contributed by atoms with Crippen molar-refractivity contribution >= 4 is 49.7 Å². The molecule has 0 bridgehead atoms. The maximum atomic E-state index is 10.6. The van der Waals surface area contributed by atoms with Crippen molar-refractivity contribution in [3.8, 4) is 0 Å². The maximum Gasteiger partial charge on any atom is 0.303 e. The zero-order valence-electron chi connectivity index (χ0n) is 33.4. The predicted octanol–water partition coefficient (Wildman–Crippen LogP) is 8.54. The first-order valence-electron chi connectivity index (χ1n) is 20.6. The third-order valence-electron chi connectivity index (χ3n) is 12.6. The quantitative estimate of drug-likeness (QED) is 0.0409. The molecule has 0 spiro atoms. The smallest absolute Gasteiger partial charge is 0.303 e. The van der Waals surface area contributed by atoms with Gasteiger partial charge in [-0.1, -0.05) is 114 Å². The van der Waals surface area contributed by atoms with Crippen molar-refractivity contribution in [3.05, 3.63) is 47.6 Å². The summed E-state index contributed by atoms with van der Waals surface area (Å²) >= 11 is 0. The average molecular weight is 769 g/mol. The summed E-state index contributed by atoms with van der Waals surface area (Å²) in [5.41, 5.74) is 3.08. The first-order valence-corrected chi connectivity index (χ1v) is 20.6. The number of hydrogen-bond acceptors (Lipinski definition) is 6. The van der Waals surface area contributed by atoms with Crippen molar-refractivity contribution in [2.24, 2.45) is 34.5 Å². The molecule has 0 unspecified atom stereocenters. The molecular weight excluding hydrogens is 697 g/mol. The van der Waals surface area contributed by atoms with Gasteiger partial charge in [-0.05, 0) is 99.7 Å². The second-order valence-corrected chi connectivity index (χ2v) is 17.2. The number of unbranched alkanes of at least 4 members (excludes halogenated alkanes) is 6. The van der Waals surface area contributed by atoms with Crippen molar-refractivity contribution in [3.63, 3.8) is 0 Å². The van der Waals surface area contributed by atoms with E-state index in [1.807, 2.05) is 12.2 Å². The Hall–Kier alpha value is -1.00. The Morgan fingerprint density at radius 1 is 0.679 bits per heavy atom. The number of aliphatic carboxylic acids is 2. The molecule has 0 aromatic heterocycles. The van der Waals surface area contributed by atoms with Crippen LogP contribution in [0.2, 0.25) is 0 Å². The topological polar surface area (TPSA) is 156 Å². The van der Waals surface area contributed by atoms with Crippen molar-refractivity contribution in [2.45, 2.75) is 181 Å². The molecule has 0 aromatic carbocycles. The molecule has 4 aliphatic rings. The molecule has 0 heterocycles. The molecule has 0 aromatic rings. The van der Waals surface area contributed by atoms with Crippen LogP contribution in [0.15, 0.2) is 47.6 Å². The van der Waals surface area contributed by atoms with E-state index in [-0.39, 0.29) is 85.5 Å². The number of allylic oxidation sites excluding steroid dienone is 4. The van der Waals surface area contributed by atoms with Gasteiger partial charge in [-0.2, -0.15) is 0 Å². The minimum Gasteiger partial charge on any atom is -0.481 e. The third-order valence-corrected chi connectivity index (χ3v) is 12.6. The number of aliphatic hydroxyl groups is 4. The van der Waals surface area contributed by atoms with Crippen molar-refractivity contribution in [2.75, 3.05) is 0 Å². The van der Waals surface area contributed by atoms with Gasteiger partial charge in [-0.25, -0.2) is 0 Å². The fourth-order valence-corrected chi connectivity index (χ4v) is 9.78. The normalized spacial score (nSPS) is 33.2. The van der Waals surface area contributed by atoms with Gasteiger partial charge in [0.15, 0.2) is 0 Å². The van der Waals surface area contributed by atoms with Gasteiger partial charge in [-0.15, -0.1) is 0 Å². The van der Waals surface area contributed by atoms with Gasteiger partial charge in [0.1, 0.15) is 0 Å². The molecule has 4 rings (SSSR count). The molecule has 4 aliphatic carbocycles. The molecule has 8 nitrogen and oxygen atoms in total. The van der Waals surface area contributed by atoms with E-state index in [0.717, 1.165) is 103 Å². The van der Waals surface area contributed by atoms with Crippen LogP contribution in [0.3, 0.4) is 0 Å². The number of carbonyl (C=O) groups is 2. The fraction of sp³-hybridized carbons (Fsp3) is 0.773. The van der Waals surface area contributed by atoms with E-state index in [1.54, 1.807) is 0 Å². The van der Waals surface area contributed by atoms with Crippen LogP contribution in [0.5, 0.6) is 0 Å². The van der Waals surface area contributed by atoms with Crippen LogP contribution >= 0.6 is 0 Å². The SMILES string of the molecule is CCCCC[C@H](O)/C=C/[C@H]1[C@H](O)C[C@]2(C)C/C(=C\CCCC(=O)O)C[C@H]12.CCCCC[C@H](O)/C=C/[C@H]1[C@H](O)C[C@]2(C)C/C(=C\CCCC(=O)O)C[C@H]12.[Ca]. The maximum absolute atomic E-state index is 10.6. The van der Waals surface area contributed by atoms with Gasteiger partial charge in [-0.3, -0.25) is 9.59 Å². The minimum atomic E-state index is -0.732. The summed E-state index contributed by atoms with van der Waals surface area (Å²) in [6.45, 7) is 8.85. The Bertz CT molecular complexity index is 1150. The van der Waals surface area contributed by atoms with Crippen molar-refractivity contribution in [1.82, 2.24) is 0 Å². The molecule has 53 heavy (non-hydrogen) atoms. The summed E-state index contributed by atoms with van der Waals surface area (Å²) in [4.78, 5) is 21.2. The zero-order chi connectivity index (χ0) is 38.3. The van der Waals surface area contributed by atoms with E-state index in [0.29, 0.717) is 24.7 Å². The van der Waals surface area contributed by atoms with Crippen LogP contribution in [0.4, 0.5) is 0 Å². The molecule has 2 radical (unpaired) electrons. The van der Waals surface area contributed by atoms with Crippen molar-refractivity contribution < 1.29 is 40.2 Å². The van der Waals surface area contributed by atoms with Gasteiger partial charge in [0.05, 0.1) is 24.4 Å². The van der Waals surface area contributed by atoms with Crippen LogP contribution in [-0.4, -0.2) is 105 Å². The molecular formula is C44H72CaO8. The Balaban J connectivity index is 0.000000360. The van der Waals surface area contributed by atoms with Crippen LogP contribution < -0.4 is 0 Å². The average Bonchev–Trinajstić information content (AvgIpc) is 3.71. The van der Waals surface area contributed by atoms with Gasteiger partial charge in [0.2, 0.25) is 0 Å². The summed E-state index contributed by atoms with van der Waals surface area (Å²) in [7, 11) is 0. The van der Waals surface area contributed by atoms with Gasteiger partial charge in [0, 0.05) is 62.4 Å². The Morgan fingerprint density at radius 2 is 1.06 bits per heavy atom. The summed E-state index contributed by atoms with van der Waals surface area (Å²) in [5, 5.41) is 58.8. The van der Waals surface area contributed by atoms with Crippen LogP contribution in [0.25, 0.3) is 0 Å². The molecule has 10 atom stereocenters. The van der Waals surface area contributed by atoms with Gasteiger partial charge in [0.25, 0.3) is 0 Å². The second-order valence-electron chi connectivity index (χ2n) is 17.2. The number of fused-ring (bicyclic) bond motifs is 2. The number of carboxylic acids is 2. The van der Waals surface area contributed by atoms with E-state index >= 15 is 0 Å². The number of hydrogen-bond donors (Lipinski definition) is 6. The molecule has 0 saturated heterocycles. The minimum absolute atomic E-state index is 0. The van der Waals surface area contributed by atoms with Crippen LogP contribution in [-0.2, 0) is 9.59 Å². The molecule has 0 amide bonds. The zero-order valence-corrected chi connectivity index (χ0v) is 35.6. The first kappa shape index (κ1) is 48.1. The van der Waals surface area contributed by atoms with Crippen molar-refractivity contribution in [1.29, 1.82) is 0 Å². The van der Waals surface area contributed by atoms with Crippen LogP contribution in [0, 0.1) is 34.5 Å². The number of aliphatic hydroxyl groups excluding tert-OH is 4. The Labute approximate surface area is 350 Å². The molecule has 298 valence electrons. The molecule has 6 N–H and O–H groups in total. The van der Waals surface area contributed by atoms with Gasteiger partial charge >= 0.3 is 11.9 Å². The standard InChI is InChI=1S/2C22H36O4.Ca/c2*1-3-4-5-9-17(23)11-12-18-19-13-16(8-6-7-10-21(25)26)14-22(19,2)15-20(18)24;/h2*8,11-12,17-20,23-24H,3-7,9-10,13-15H2,1-2H3,(H,25,26);/b2*12-11+,16-8-;/t2*17-,18+,19+,20+,22-;/m00./s1. The van der Waals surface area contributed by atoms with E-state index in [1.165, 1.54) is 11.1 Å². The first-order chi connectivity index (χ1) is 24.7. The Morgan fingerprint density at radius 3 is 1.40 bits per heavy atom. The molecule has 4 fully saturated rings. The second kappa shape index (κ2) is 23.9. The van der Waals surface area contributed by atoms with Gasteiger partial charge < -0.3 is 30.6 Å². The molecule has 4 saturated carbocycles. The summed E-state index contributed by atoms with van der Waals surface area (Å²) in [6, 6.07) is 0. The molecule has 0 aliphatic heterocycles. The fourth-order valence-electron chi connectivity index (χ4n) is 9.78. The van der Waals surface area contributed by atoms with E-state index in [4.69, 9.17) is 10.2 Å². The largest absolute Gasteiger partial charge is 0.481 e. The summed E-state index contributed by atoms with van der Waals surface area (Å²) < 4.78 is 0. The molecule has 9 heteroatoms. The predicted molar refractivity (Wildman–Crippen MR) is 213 cm³/mol. The van der Waals surface area contributed by atoms with Crippen LogP contribution in [0.1, 0.15) is 156 Å². The summed E-state index contributed by atoms with van der Waals surface area (Å²) in [6.07, 6.45) is 28.2. The number of carboxylic acid groups (broad SMARTS) is 2. The van der Waals surface area contributed by atoms with E-state index in [9.17, 15) is 30.0 Å². The monoisotopic (exact) mass is 768 g/mol. The summed E-state index contributed by atoms with van der Waals surface area (Å²) in [5.74, 6) is -0.393.